The van der Waals surface area contributed by atoms with Crippen LogP contribution in [0.5, 0.6) is 0 Å². The maximum Gasteiger partial charge on any atom is 0.296 e. The van der Waals surface area contributed by atoms with E-state index < -0.39 is 26.2 Å². The third kappa shape index (κ3) is 2.37. The average Bonchev–Trinajstić information content (AvgIpc) is 2.17. The monoisotopic (exact) mass is 248 g/mol. The Morgan fingerprint density at radius 3 is 1.87 bits per heavy atom. The van der Waals surface area contributed by atoms with Crippen molar-refractivity contribution in [2.45, 2.75) is 4.90 Å². The van der Waals surface area contributed by atoms with E-state index in [0.717, 1.165) is 0 Å². The highest BCUT2D eigenvalue weighted by atomic mass is 35.5. The van der Waals surface area contributed by atoms with Gasteiger partial charge in [0.2, 0.25) is 0 Å². The van der Waals surface area contributed by atoms with Crippen LogP contribution in [0.3, 0.4) is 0 Å². The average molecular weight is 249 g/mol. The minimum Gasteiger partial charge on any atom is -0.258 e. The van der Waals surface area contributed by atoms with Crippen molar-refractivity contribution in [1.82, 2.24) is 0 Å². The van der Waals surface area contributed by atoms with Crippen LogP contribution in [-0.2, 0) is 0 Å². The third-order valence-corrected chi connectivity index (χ3v) is 2.73. The van der Waals surface area contributed by atoms with E-state index in [0.29, 0.717) is 4.90 Å². The van der Waals surface area contributed by atoms with Gasteiger partial charge in [-0.15, -0.1) is 11.8 Å². The number of benzene rings is 1. The van der Waals surface area contributed by atoms with Gasteiger partial charge in [-0.25, -0.2) is 0 Å². The number of hydrogen-bond acceptors (Lipinski definition) is 5. The second-order valence-electron chi connectivity index (χ2n) is 2.49. The van der Waals surface area contributed by atoms with Crippen LogP contribution in [0.2, 0.25) is 5.02 Å². The van der Waals surface area contributed by atoms with Crippen molar-refractivity contribution < 1.29 is 9.85 Å². The van der Waals surface area contributed by atoms with Gasteiger partial charge in [0, 0.05) is 17.0 Å². The van der Waals surface area contributed by atoms with E-state index in [-0.39, 0.29) is 0 Å². The summed E-state index contributed by atoms with van der Waals surface area (Å²) >= 11 is 6.71. The van der Waals surface area contributed by atoms with Crippen LogP contribution in [0.1, 0.15) is 0 Å². The lowest BCUT2D eigenvalue weighted by Gasteiger charge is -2.00. The molecule has 0 saturated heterocycles. The number of hydrogen-bond donors (Lipinski definition) is 0. The van der Waals surface area contributed by atoms with Gasteiger partial charge in [0.1, 0.15) is 0 Å². The molecule has 0 saturated carbocycles. The van der Waals surface area contributed by atoms with E-state index in [9.17, 15) is 20.2 Å². The molecule has 0 fully saturated rings. The summed E-state index contributed by atoms with van der Waals surface area (Å²) in [4.78, 5) is 20.1. The molecule has 0 unspecified atom stereocenters. The van der Waals surface area contributed by atoms with Crippen molar-refractivity contribution in [2.24, 2.45) is 0 Å². The Kier molecular flexibility index (Phi) is 3.48. The van der Waals surface area contributed by atoms with Gasteiger partial charge >= 0.3 is 0 Å². The summed E-state index contributed by atoms with van der Waals surface area (Å²) < 4.78 is 0. The smallest absolute Gasteiger partial charge is 0.258 e. The lowest BCUT2D eigenvalue weighted by atomic mass is 10.3. The van der Waals surface area contributed by atoms with Crippen LogP contribution in [0.15, 0.2) is 17.0 Å². The van der Waals surface area contributed by atoms with E-state index in [4.69, 9.17) is 11.6 Å². The molecule has 0 aromatic heterocycles. The summed E-state index contributed by atoms with van der Waals surface area (Å²) in [6.45, 7) is 0. The fourth-order valence-electron chi connectivity index (χ4n) is 0.953. The molecule has 0 heterocycles. The molecule has 6 nitrogen and oxygen atoms in total. The van der Waals surface area contributed by atoms with Gasteiger partial charge in [0.15, 0.2) is 5.02 Å². The van der Waals surface area contributed by atoms with Crippen LogP contribution >= 0.6 is 23.4 Å². The Morgan fingerprint density at radius 1 is 1.20 bits per heavy atom. The van der Waals surface area contributed by atoms with Gasteiger partial charge in [0.05, 0.1) is 9.85 Å². The molecule has 0 radical (unpaired) electrons. The summed E-state index contributed by atoms with van der Waals surface area (Å²) in [5, 5.41) is 20.7. The molecular formula is C7H5ClN2O4S. The summed E-state index contributed by atoms with van der Waals surface area (Å²) in [6, 6.07) is 2.42. The highest BCUT2D eigenvalue weighted by Gasteiger charge is 2.24. The topological polar surface area (TPSA) is 86.3 Å². The Hall–Kier alpha value is -1.34. The molecule has 0 N–H and O–H groups in total. The molecule has 80 valence electrons. The first-order valence-electron chi connectivity index (χ1n) is 3.63. The molecule has 15 heavy (non-hydrogen) atoms. The van der Waals surface area contributed by atoms with Crippen LogP contribution in [-0.4, -0.2) is 16.1 Å². The molecule has 1 rings (SSSR count). The first-order valence-corrected chi connectivity index (χ1v) is 5.24. The lowest BCUT2D eigenvalue weighted by Crippen LogP contribution is -1.95. The fourth-order valence-corrected chi connectivity index (χ4v) is 1.66. The molecule has 0 atom stereocenters. The fraction of sp³-hybridized carbons (Fsp3) is 0.143. The third-order valence-electron chi connectivity index (χ3n) is 1.64. The summed E-state index contributed by atoms with van der Waals surface area (Å²) in [7, 11) is 0. The number of halogens is 1. The van der Waals surface area contributed by atoms with Crippen LogP contribution in [0.4, 0.5) is 11.4 Å². The van der Waals surface area contributed by atoms with Gasteiger partial charge in [-0.1, -0.05) is 11.6 Å². The minimum absolute atomic E-state index is 0.429. The maximum atomic E-state index is 10.6. The second-order valence-corrected chi connectivity index (χ2v) is 3.75. The Labute approximate surface area is 93.5 Å². The number of nitro benzene ring substituents is 2. The van der Waals surface area contributed by atoms with E-state index in [1.807, 2.05) is 0 Å². The zero-order chi connectivity index (χ0) is 11.6. The first kappa shape index (κ1) is 11.7. The molecule has 1 aromatic carbocycles. The van der Waals surface area contributed by atoms with Crippen molar-refractivity contribution >= 4 is 34.7 Å². The van der Waals surface area contributed by atoms with Gasteiger partial charge in [-0.3, -0.25) is 20.2 Å². The molecule has 0 amide bonds. The van der Waals surface area contributed by atoms with E-state index in [1.165, 1.54) is 23.9 Å². The van der Waals surface area contributed by atoms with Gasteiger partial charge < -0.3 is 0 Å². The molecule has 0 aliphatic rings. The quantitative estimate of drug-likeness (QED) is 0.466. The van der Waals surface area contributed by atoms with Crippen molar-refractivity contribution in [2.75, 3.05) is 6.26 Å². The number of rotatable bonds is 3. The number of thioether (sulfide) groups is 1. The van der Waals surface area contributed by atoms with Crippen molar-refractivity contribution in [3.63, 3.8) is 0 Å². The van der Waals surface area contributed by atoms with Gasteiger partial charge in [-0.2, -0.15) is 0 Å². The molecule has 8 heteroatoms. The van der Waals surface area contributed by atoms with E-state index in [1.54, 1.807) is 6.26 Å². The number of nitrogens with zero attached hydrogens (tertiary/aromatic N) is 2. The van der Waals surface area contributed by atoms with Crippen molar-refractivity contribution in [3.8, 4) is 0 Å². The standard InChI is InChI=1S/C7H5ClN2O4S/c1-15-4-2-5(9(11)12)7(8)6(3-4)10(13)14/h2-3H,1H3. The largest absolute Gasteiger partial charge is 0.296 e. The second kappa shape index (κ2) is 4.45. The predicted molar refractivity (Wildman–Crippen MR) is 56.5 cm³/mol. The van der Waals surface area contributed by atoms with Crippen LogP contribution in [0.25, 0.3) is 0 Å². The van der Waals surface area contributed by atoms with E-state index in [2.05, 4.69) is 0 Å². The predicted octanol–water partition coefficient (Wildman–Crippen LogP) is 2.88. The summed E-state index contributed by atoms with van der Waals surface area (Å²) in [5.41, 5.74) is -0.898. The highest BCUT2D eigenvalue weighted by Crippen LogP contribution is 2.37. The van der Waals surface area contributed by atoms with Gasteiger partial charge in [-0.05, 0) is 6.26 Å². The van der Waals surface area contributed by atoms with Crippen molar-refractivity contribution in [1.29, 1.82) is 0 Å². The molecule has 0 bridgehead atoms. The number of nitro groups is 2. The Morgan fingerprint density at radius 2 is 1.60 bits per heavy atom. The zero-order valence-corrected chi connectivity index (χ0v) is 9.04. The highest BCUT2D eigenvalue weighted by molar-refractivity contribution is 7.98. The lowest BCUT2D eigenvalue weighted by molar-refractivity contribution is -0.394. The van der Waals surface area contributed by atoms with Crippen LogP contribution in [0, 0.1) is 20.2 Å². The Bertz CT molecular complexity index is 402. The minimum atomic E-state index is -0.741. The molecule has 1 aromatic rings. The normalized spacial score (nSPS) is 10.0. The molecule has 0 aliphatic carbocycles. The van der Waals surface area contributed by atoms with Crippen molar-refractivity contribution in [3.05, 3.63) is 37.4 Å². The zero-order valence-electron chi connectivity index (χ0n) is 7.47. The SMILES string of the molecule is CSc1cc([N+](=O)[O-])c(Cl)c([N+](=O)[O-])c1. The van der Waals surface area contributed by atoms with Crippen LogP contribution < -0.4 is 0 Å². The van der Waals surface area contributed by atoms with E-state index >= 15 is 0 Å². The summed E-state index contributed by atoms with van der Waals surface area (Å²) in [6.07, 6.45) is 1.66. The molecule has 0 spiro atoms. The maximum absolute atomic E-state index is 10.6. The van der Waals surface area contributed by atoms with Gasteiger partial charge in [0.25, 0.3) is 11.4 Å². The first-order chi connectivity index (χ1) is 6.97. The molecule has 0 aliphatic heterocycles. The molecular weight excluding hydrogens is 244 g/mol. The Balaban J connectivity index is 3.47. The summed E-state index contributed by atoms with van der Waals surface area (Å²) in [5.74, 6) is 0.